The SMILES string of the molecule is CCCCCC(=O)N(CC(=O)O)C1CCCC1. The molecule has 1 saturated carbocycles. The number of carbonyl (C=O) groups excluding carboxylic acids is 1. The number of carbonyl (C=O) groups is 2. The lowest BCUT2D eigenvalue weighted by atomic mass is 10.1. The van der Waals surface area contributed by atoms with E-state index in [9.17, 15) is 9.59 Å². The molecule has 0 aromatic heterocycles. The molecule has 0 aromatic rings. The van der Waals surface area contributed by atoms with Gasteiger partial charge >= 0.3 is 5.97 Å². The zero-order valence-electron chi connectivity index (χ0n) is 10.7. The van der Waals surface area contributed by atoms with Gasteiger partial charge in [-0.25, -0.2) is 0 Å². The van der Waals surface area contributed by atoms with Crippen molar-refractivity contribution >= 4 is 11.9 Å². The van der Waals surface area contributed by atoms with Gasteiger partial charge < -0.3 is 10.0 Å². The minimum atomic E-state index is -0.902. The smallest absolute Gasteiger partial charge is 0.323 e. The third-order valence-electron chi connectivity index (χ3n) is 3.39. The summed E-state index contributed by atoms with van der Waals surface area (Å²) < 4.78 is 0. The van der Waals surface area contributed by atoms with Gasteiger partial charge in [0.1, 0.15) is 6.54 Å². The molecule has 0 atom stereocenters. The molecule has 1 N–H and O–H groups in total. The highest BCUT2D eigenvalue weighted by Gasteiger charge is 2.27. The summed E-state index contributed by atoms with van der Waals surface area (Å²) in [5.74, 6) is -0.881. The van der Waals surface area contributed by atoms with Crippen LogP contribution in [0.25, 0.3) is 0 Å². The van der Waals surface area contributed by atoms with Crippen molar-refractivity contribution in [3.05, 3.63) is 0 Å². The Morgan fingerprint density at radius 3 is 2.41 bits per heavy atom. The number of amides is 1. The number of nitrogens with zero attached hydrogens (tertiary/aromatic N) is 1. The monoisotopic (exact) mass is 241 g/mol. The van der Waals surface area contributed by atoms with E-state index in [-0.39, 0.29) is 18.5 Å². The lowest BCUT2D eigenvalue weighted by Crippen LogP contribution is -2.42. The third-order valence-corrected chi connectivity index (χ3v) is 3.39. The number of hydrogen-bond acceptors (Lipinski definition) is 2. The molecule has 0 aliphatic heterocycles. The van der Waals surface area contributed by atoms with E-state index in [1.807, 2.05) is 0 Å². The maximum atomic E-state index is 12.0. The molecular weight excluding hydrogens is 218 g/mol. The number of hydrogen-bond donors (Lipinski definition) is 1. The first-order valence-electron chi connectivity index (χ1n) is 6.66. The van der Waals surface area contributed by atoms with E-state index in [0.29, 0.717) is 6.42 Å². The van der Waals surface area contributed by atoms with Crippen molar-refractivity contribution in [3.63, 3.8) is 0 Å². The van der Waals surface area contributed by atoms with E-state index >= 15 is 0 Å². The Bertz CT molecular complexity index is 259. The second-order valence-corrected chi connectivity index (χ2v) is 4.81. The van der Waals surface area contributed by atoms with Gasteiger partial charge in [-0.15, -0.1) is 0 Å². The maximum Gasteiger partial charge on any atom is 0.323 e. The van der Waals surface area contributed by atoms with E-state index < -0.39 is 5.97 Å². The predicted molar refractivity (Wildman–Crippen MR) is 65.7 cm³/mol. The van der Waals surface area contributed by atoms with Crippen molar-refractivity contribution in [1.82, 2.24) is 4.90 Å². The van der Waals surface area contributed by atoms with Gasteiger partial charge in [0.2, 0.25) is 5.91 Å². The van der Waals surface area contributed by atoms with Gasteiger partial charge in [-0.3, -0.25) is 9.59 Å². The van der Waals surface area contributed by atoms with Crippen LogP contribution in [0.5, 0.6) is 0 Å². The van der Waals surface area contributed by atoms with Crippen LogP contribution in [-0.4, -0.2) is 34.5 Å². The lowest BCUT2D eigenvalue weighted by Gasteiger charge is -2.27. The van der Waals surface area contributed by atoms with Crippen molar-refractivity contribution in [3.8, 4) is 0 Å². The largest absolute Gasteiger partial charge is 0.480 e. The maximum absolute atomic E-state index is 12.0. The Morgan fingerprint density at radius 1 is 1.24 bits per heavy atom. The standard InChI is InChI=1S/C13H23NO3/c1-2-3-4-9-12(15)14(10-13(16)17)11-7-5-6-8-11/h11H,2-10H2,1H3,(H,16,17). The molecule has 0 saturated heterocycles. The molecule has 0 unspecified atom stereocenters. The molecule has 1 rings (SSSR count). The minimum Gasteiger partial charge on any atom is -0.480 e. The fourth-order valence-electron chi connectivity index (χ4n) is 2.45. The highest BCUT2D eigenvalue weighted by atomic mass is 16.4. The van der Waals surface area contributed by atoms with Crippen molar-refractivity contribution in [1.29, 1.82) is 0 Å². The van der Waals surface area contributed by atoms with Crippen LogP contribution in [0.2, 0.25) is 0 Å². The summed E-state index contributed by atoms with van der Waals surface area (Å²) in [4.78, 5) is 24.4. The molecule has 1 aliphatic rings. The molecule has 0 bridgehead atoms. The van der Waals surface area contributed by atoms with Crippen LogP contribution >= 0.6 is 0 Å². The first kappa shape index (κ1) is 14.0. The van der Waals surface area contributed by atoms with Gasteiger partial charge in [0.25, 0.3) is 0 Å². The van der Waals surface area contributed by atoms with Gasteiger partial charge in [0, 0.05) is 12.5 Å². The number of unbranched alkanes of at least 4 members (excludes halogenated alkanes) is 2. The number of carboxylic acids is 1. The zero-order valence-corrected chi connectivity index (χ0v) is 10.7. The molecule has 1 amide bonds. The third kappa shape index (κ3) is 4.75. The van der Waals surface area contributed by atoms with Gasteiger partial charge in [-0.05, 0) is 19.3 Å². The Labute approximate surface area is 103 Å². The summed E-state index contributed by atoms with van der Waals surface area (Å²) in [5.41, 5.74) is 0. The Morgan fingerprint density at radius 2 is 1.88 bits per heavy atom. The molecule has 0 aromatic carbocycles. The Balaban J connectivity index is 2.48. The lowest BCUT2D eigenvalue weighted by molar-refractivity contribution is -0.146. The van der Waals surface area contributed by atoms with Crippen molar-refractivity contribution in [2.45, 2.75) is 64.3 Å². The summed E-state index contributed by atoms with van der Waals surface area (Å²) in [6, 6.07) is 0.167. The van der Waals surface area contributed by atoms with E-state index in [2.05, 4.69) is 6.92 Å². The Hall–Kier alpha value is -1.06. The van der Waals surface area contributed by atoms with E-state index in [4.69, 9.17) is 5.11 Å². The molecule has 1 aliphatic carbocycles. The van der Waals surface area contributed by atoms with Crippen LogP contribution < -0.4 is 0 Å². The molecular formula is C13H23NO3. The summed E-state index contributed by atoms with van der Waals surface area (Å²) in [6.45, 7) is 1.96. The second kappa shape index (κ2) is 7.30. The molecule has 98 valence electrons. The van der Waals surface area contributed by atoms with Gasteiger partial charge in [0.05, 0.1) is 0 Å². The van der Waals surface area contributed by atoms with E-state index in [1.165, 1.54) is 0 Å². The number of carboxylic acid groups (broad SMARTS) is 1. The molecule has 17 heavy (non-hydrogen) atoms. The van der Waals surface area contributed by atoms with Gasteiger partial charge in [0.15, 0.2) is 0 Å². The zero-order chi connectivity index (χ0) is 12.7. The van der Waals surface area contributed by atoms with Crippen LogP contribution in [0.15, 0.2) is 0 Å². The molecule has 1 fully saturated rings. The van der Waals surface area contributed by atoms with Gasteiger partial charge in [-0.2, -0.15) is 0 Å². The van der Waals surface area contributed by atoms with Crippen molar-refractivity contribution in [2.75, 3.05) is 6.54 Å². The molecule has 0 radical (unpaired) electrons. The van der Waals surface area contributed by atoms with Crippen LogP contribution in [0.3, 0.4) is 0 Å². The number of aliphatic carboxylic acids is 1. The molecule has 4 nitrogen and oxygen atoms in total. The highest BCUT2D eigenvalue weighted by Crippen LogP contribution is 2.24. The molecule has 4 heteroatoms. The minimum absolute atomic E-state index is 0.0211. The fourth-order valence-corrected chi connectivity index (χ4v) is 2.45. The fraction of sp³-hybridized carbons (Fsp3) is 0.846. The predicted octanol–water partition coefficient (Wildman–Crippen LogP) is 2.42. The summed E-state index contributed by atoms with van der Waals surface area (Å²) in [5, 5.41) is 8.87. The van der Waals surface area contributed by atoms with Gasteiger partial charge in [-0.1, -0.05) is 32.6 Å². The Kier molecular flexibility index (Phi) is 6.01. The van der Waals surface area contributed by atoms with Crippen LogP contribution in [0.1, 0.15) is 58.3 Å². The van der Waals surface area contributed by atoms with Crippen LogP contribution in [-0.2, 0) is 9.59 Å². The van der Waals surface area contributed by atoms with Crippen LogP contribution in [0, 0.1) is 0 Å². The van der Waals surface area contributed by atoms with E-state index in [0.717, 1.165) is 44.9 Å². The normalized spacial score (nSPS) is 16.1. The van der Waals surface area contributed by atoms with Crippen molar-refractivity contribution in [2.24, 2.45) is 0 Å². The quantitative estimate of drug-likeness (QED) is 0.696. The average Bonchev–Trinajstić information content (AvgIpc) is 2.79. The van der Waals surface area contributed by atoms with Crippen LogP contribution in [0.4, 0.5) is 0 Å². The molecule has 0 spiro atoms. The van der Waals surface area contributed by atoms with E-state index in [1.54, 1.807) is 4.90 Å². The first-order chi connectivity index (χ1) is 8.15. The molecule has 0 heterocycles. The summed E-state index contributed by atoms with van der Waals surface area (Å²) in [7, 11) is 0. The summed E-state index contributed by atoms with van der Waals surface area (Å²) >= 11 is 0. The number of rotatable bonds is 7. The highest BCUT2D eigenvalue weighted by molar-refractivity contribution is 5.81. The first-order valence-corrected chi connectivity index (χ1v) is 6.66. The second-order valence-electron chi connectivity index (χ2n) is 4.81. The summed E-state index contributed by atoms with van der Waals surface area (Å²) in [6.07, 6.45) is 7.65. The average molecular weight is 241 g/mol. The topological polar surface area (TPSA) is 57.6 Å². The van der Waals surface area contributed by atoms with Crippen molar-refractivity contribution < 1.29 is 14.7 Å².